The third kappa shape index (κ3) is 9.57. The van der Waals surface area contributed by atoms with Crippen molar-refractivity contribution in [3.63, 3.8) is 0 Å². The summed E-state index contributed by atoms with van der Waals surface area (Å²) in [5.74, 6) is -0.762. The molecule has 0 bridgehead atoms. The Morgan fingerprint density at radius 2 is 1.53 bits per heavy atom. The molecule has 0 amide bonds. The van der Waals surface area contributed by atoms with E-state index in [4.69, 9.17) is 30.2 Å². The van der Waals surface area contributed by atoms with E-state index in [2.05, 4.69) is 0 Å². The number of esters is 1. The van der Waals surface area contributed by atoms with Crippen molar-refractivity contribution in [1.82, 2.24) is 0 Å². The van der Waals surface area contributed by atoms with Crippen LogP contribution in [0.3, 0.4) is 0 Å². The van der Waals surface area contributed by atoms with Gasteiger partial charge in [-0.1, -0.05) is 55.4 Å². The van der Waals surface area contributed by atoms with Gasteiger partial charge in [-0.2, -0.15) is 0 Å². The molecule has 1 aromatic carbocycles. The lowest BCUT2D eigenvalue weighted by Gasteiger charge is -2.28. The van der Waals surface area contributed by atoms with Gasteiger partial charge >= 0.3 is 14.8 Å². The monoisotopic (exact) mass is 472 g/mol. The number of benzene rings is 1. The molecule has 1 aromatic rings. The molecule has 0 aliphatic heterocycles. The maximum Gasteiger partial charge on any atom is 0.500 e. The minimum absolute atomic E-state index is 0.268. The Balaban J connectivity index is 2.40. The van der Waals surface area contributed by atoms with Crippen LogP contribution in [0.4, 0.5) is 0 Å². The Kier molecular flexibility index (Phi) is 14.5. The topological polar surface area (TPSA) is 54.0 Å². The smallest absolute Gasteiger partial charge is 0.465 e. The zero-order chi connectivity index (χ0) is 22.2. The number of rotatable bonds is 16. The Morgan fingerprint density at radius 1 is 0.967 bits per heavy atom. The lowest BCUT2D eigenvalue weighted by molar-refractivity contribution is -0.143. The van der Waals surface area contributed by atoms with Crippen LogP contribution >= 0.6 is 24.0 Å². The minimum atomic E-state index is -2.55. The van der Waals surface area contributed by atoms with Crippen molar-refractivity contribution in [2.75, 3.05) is 32.7 Å². The fourth-order valence-corrected chi connectivity index (χ4v) is 6.57. The lowest BCUT2D eigenvalue weighted by atomic mass is 10.0. The molecular weight excluding hydrogens is 436 g/mol. The average Bonchev–Trinajstić information content (AvgIpc) is 2.74. The second-order valence-corrected chi connectivity index (χ2v) is 11.0. The maximum atomic E-state index is 12.6. The van der Waals surface area contributed by atoms with E-state index in [9.17, 15) is 4.79 Å². The van der Waals surface area contributed by atoms with Gasteiger partial charge in [0.25, 0.3) is 0 Å². The van der Waals surface area contributed by atoms with Gasteiger partial charge in [-0.05, 0) is 45.4 Å². The zero-order valence-corrected chi connectivity index (χ0v) is 21.3. The van der Waals surface area contributed by atoms with Crippen LogP contribution in [0, 0.1) is 0 Å². The van der Waals surface area contributed by atoms with E-state index in [0.29, 0.717) is 30.6 Å². The van der Waals surface area contributed by atoms with Gasteiger partial charge < -0.3 is 18.0 Å². The van der Waals surface area contributed by atoms with Crippen molar-refractivity contribution >= 4 is 43.0 Å². The van der Waals surface area contributed by atoms with E-state index in [1.165, 1.54) is 11.8 Å². The van der Waals surface area contributed by atoms with Crippen molar-refractivity contribution in [1.29, 1.82) is 0 Å². The maximum absolute atomic E-state index is 12.6. The molecule has 0 spiro atoms. The molecule has 0 saturated carbocycles. The summed E-state index contributed by atoms with van der Waals surface area (Å²) in [5.41, 5.74) is 0.880. The number of hydrogen-bond donors (Lipinski definition) is 0. The molecule has 0 saturated heterocycles. The van der Waals surface area contributed by atoms with Crippen molar-refractivity contribution < 1.29 is 22.8 Å². The number of carbonyl (C=O) groups excluding carboxylic acids is 1. The lowest BCUT2D eigenvalue weighted by Crippen LogP contribution is -2.45. The van der Waals surface area contributed by atoms with Gasteiger partial charge in [-0.3, -0.25) is 4.79 Å². The number of ether oxygens (including phenoxy) is 1. The molecule has 0 heterocycles. The highest BCUT2D eigenvalue weighted by Crippen LogP contribution is 2.25. The van der Waals surface area contributed by atoms with Crippen LogP contribution in [0.15, 0.2) is 30.3 Å². The summed E-state index contributed by atoms with van der Waals surface area (Å²) in [6, 6.07) is 10.4. The van der Waals surface area contributed by atoms with Crippen molar-refractivity contribution in [3.05, 3.63) is 35.9 Å². The molecule has 30 heavy (non-hydrogen) atoms. The first-order valence-electron chi connectivity index (χ1n) is 10.7. The first kappa shape index (κ1) is 27.3. The molecule has 0 fully saturated rings. The standard InChI is InChI=1S/C22H36O5S2Si/c1-5-25-30(26-6-2,27-7-3)18-14-9-8-13-17-24-21(23)20(22(28)29-4)19-15-11-10-12-16-19/h10-12,15-16,20H,5-9,13-14,17-18H2,1-4H3. The quantitative estimate of drug-likeness (QED) is 0.134. The first-order chi connectivity index (χ1) is 14.5. The summed E-state index contributed by atoms with van der Waals surface area (Å²) >= 11 is 6.82. The molecule has 5 nitrogen and oxygen atoms in total. The summed E-state index contributed by atoms with van der Waals surface area (Å²) in [5, 5.41) is 0. The number of carbonyl (C=O) groups is 1. The van der Waals surface area contributed by atoms with Gasteiger partial charge in [0.2, 0.25) is 0 Å². The Labute approximate surface area is 192 Å². The predicted molar refractivity (Wildman–Crippen MR) is 130 cm³/mol. The fourth-order valence-electron chi connectivity index (χ4n) is 3.19. The third-order valence-corrected chi connectivity index (χ3v) is 9.05. The molecule has 0 aliphatic rings. The molecule has 1 rings (SSSR count). The highest BCUT2D eigenvalue weighted by atomic mass is 32.2. The third-order valence-electron chi connectivity index (χ3n) is 4.52. The number of thioether (sulfide) groups is 1. The van der Waals surface area contributed by atoms with E-state index >= 15 is 0 Å². The van der Waals surface area contributed by atoms with E-state index in [1.54, 1.807) is 0 Å². The summed E-state index contributed by atoms with van der Waals surface area (Å²) < 4.78 is 23.8. The molecule has 170 valence electrons. The zero-order valence-electron chi connectivity index (χ0n) is 18.7. The molecular formula is C22H36O5S2Si. The molecule has 0 aromatic heterocycles. The van der Waals surface area contributed by atoms with E-state index in [1.807, 2.05) is 57.4 Å². The number of unbranched alkanes of at least 4 members (excludes halogenated alkanes) is 3. The van der Waals surface area contributed by atoms with E-state index in [-0.39, 0.29) is 5.97 Å². The highest BCUT2D eigenvalue weighted by Gasteiger charge is 2.39. The van der Waals surface area contributed by atoms with Crippen molar-refractivity contribution in [2.24, 2.45) is 0 Å². The number of thiocarbonyl (C=S) groups is 1. The van der Waals surface area contributed by atoms with Crippen molar-refractivity contribution in [2.45, 2.75) is 58.4 Å². The van der Waals surface area contributed by atoms with Crippen LogP contribution in [0.5, 0.6) is 0 Å². The molecule has 8 heteroatoms. The first-order valence-corrected chi connectivity index (χ1v) is 14.3. The fraction of sp³-hybridized carbons (Fsp3) is 0.636. The molecule has 0 radical (unpaired) electrons. The minimum Gasteiger partial charge on any atom is -0.465 e. The van der Waals surface area contributed by atoms with Crippen LogP contribution in [-0.4, -0.2) is 51.7 Å². The second-order valence-electron chi connectivity index (χ2n) is 6.68. The molecule has 0 aliphatic carbocycles. The van der Waals surface area contributed by atoms with Gasteiger partial charge in [0.1, 0.15) is 5.92 Å². The Morgan fingerprint density at radius 3 is 2.07 bits per heavy atom. The highest BCUT2D eigenvalue weighted by molar-refractivity contribution is 8.22. The van der Waals surface area contributed by atoms with Gasteiger partial charge in [0, 0.05) is 25.9 Å². The van der Waals surface area contributed by atoms with E-state index in [0.717, 1.165) is 37.3 Å². The largest absolute Gasteiger partial charge is 0.500 e. The Hall–Kier alpha value is -0.773. The van der Waals surface area contributed by atoms with Crippen LogP contribution in [-0.2, 0) is 22.8 Å². The van der Waals surface area contributed by atoms with Gasteiger partial charge in [0.15, 0.2) is 0 Å². The SMILES string of the molecule is CCO[Si](CCCCCCOC(=O)C(C(=S)SC)c1ccccc1)(OCC)OCC. The summed E-state index contributed by atoms with van der Waals surface area (Å²) in [6.45, 7) is 8.12. The van der Waals surface area contributed by atoms with Gasteiger partial charge in [-0.15, -0.1) is 11.8 Å². The normalized spacial score (nSPS) is 12.5. The second kappa shape index (κ2) is 15.9. The number of hydrogen-bond acceptors (Lipinski definition) is 7. The Bertz CT molecular complexity index is 598. The average molecular weight is 473 g/mol. The van der Waals surface area contributed by atoms with Gasteiger partial charge in [-0.25, -0.2) is 0 Å². The van der Waals surface area contributed by atoms with Gasteiger partial charge in [0.05, 0.1) is 10.8 Å². The summed E-state index contributed by atoms with van der Waals surface area (Å²) in [6.07, 6.45) is 5.69. The summed E-state index contributed by atoms with van der Waals surface area (Å²) in [4.78, 5) is 12.6. The van der Waals surface area contributed by atoms with Crippen LogP contribution < -0.4 is 0 Å². The van der Waals surface area contributed by atoms with Crippen LogP contribution in [0.25, 0.3) is 0 Å². The van der Waals surface area contributed by atoms with E-state index < -0.39 is 14.7 Å². The van der Waals surface area contributed by atoms with Crippen LogP contribution in [0.2, 0.25) is 6.04 Å². The van der Waals surface area contributed by atoms with Crippen molar-refractivity contribution in [3.8, 4) is 0 Å². The molecule has 1 atom stereocenters. The predicted octanol–water partition coefficient (Wildman–Crippen LogP) is 5.61. The molecule has 1 unspecified atom stereocenters. The summed E-state index contributed by atoms with van der Waals surface area (Å²) in [7, 11) is -2.55. The molecule has 0 N–H and O–H groups in total. The van der Waals surface area contributed by atoms with Crippen LogP contribution in [0.1, 0.15) is 57.9 Å².